The zero-order chi connectivity index (χ0) is 11.5. The standard InChI is InChI=1S/C13H14O3/c1-2-16-13(15)11-8-9-6-4-3-5-7-10(9)12(11)14/h3-6,11H,2,7-8H2,1H3. The number of ketones is 1. The van der Waals surface area contributed by atoms with Crippen LogP contribution >= 0.6 is 0 Å². The van der Waals surface area contributed by atoms with E-state index in [2.05, 4.69) is 0 Å². The average molecular weight is 218 g/mol. The van der Waals surface area contributed by atoms with Crippen LogP contribution in [0.5, 0.6) is 0 Å². The molecule has 0 saturated heterocycles. The van der Waals surface area contributed by atoms with E-state index in [1.807, 2.05) is 24.3 Å². The molecule has 2 aliphatic rings. The number of Topliss-reactive ketones (excluding diaryl/α,β-unsaturated/α-hetero) is 1. The van der Waals surface area contributed by atoms with Gasteiger partial charge in [0.25, 0.3) is 0 Å². The van der Waals surface area contributed by atoms with Crippen molar-refractivity contribution in [2.75, 3.05) is 6.61 Å². The molecule has 84 valence electrons. The maximum absolute atomic E-state index is 12.0. The van der Waals surface area contributed by atoms with Crippen LogP contribution in [0.3, 0.4) is 0 Å². The summed E-state index contributed by atoms with van der Waals surface area (Å²) in [6.45, 7) is 2.07. The van der Waals surface area contributed by atoms with Crippen LogP contribution in [0, 0.1) is 5.92 Å². The molecule has 0 heterocycles. The molecule has 1 atom stereocenters. The van der Waals surface area contributed by atoms with Gasteiger partial charge in [0.05, 0.1) is 6.61 Å². The third-order valence-corrected chi connectivity index (χ3v) is 2.86. The highest BCUT2D eigenvalue weighted by Gasteiger charge is 2.37. The Labute approximate surface area is 94.5 Å². The van der Waals surface area contributed by atoms with Crippen molar-refractivity contribution in [2.45, 2.75) is 19.8 Å². The Morgan fingerprint density at radius 1 is 1.50 bits per heavy atom. The van der Waals surface area contributed by atoms with Crippen LogP contribution in [-0.4, -0.2) is 18.4 Å². The summed E-state index contributed by atoms with van der Waals surface area (Å²) in [7, 11) is 0. The second-order valence-corrected chi connectivity index (χ2v) is 3.87. The molecule has 2 aliphatic carbocycles. The molecule has 2 rings (SSSR count). The monoisotopic (exact) mass is 218 g/mol. The Balaban J connectivity index is 2.17. The topological polar surface area (TPSA) is 43.4 Å². The van der Waals surface area contributed by atoms with Crippen molar-refractivity contribution in [3.05, 3.63) is 35.5 Å². The third kappa shape index (κ3) is 1.85. The number of hydrogen-bond donors (Lipinski definition) is 0. The van der Waals surface area contributed by atoms with Crippen molar-refractivity contribution in [3.63, 3.8) is 0 Å². The highest BCUT2D eigenvalue weighted by molar-refractivity contribution is 6.11. The second kappa shape index (κ2) is 4.47. The zero-order valence-electron chi connectivity index (χ0n) is 9.23. The van der Waals surface area contributed by atoms with Crippen LogP contribution in [-0.2, 0) is 14.3 Å². The normalized spacial score (nSPS) is 23.3. The molecule has 0 fully saturated rings. The van der Waals surface area contributed by atoms with E-state index < -0.39 is 11.9 Å². The second-order valence-electron chi connectivity index (χ2n) is 3.87. The molecule has 0 N–H and O–H groups in total. The number of rotatable bonds is 2. The molecule has 0 radical (unpaired) electrons. The van der Waals surface area contributed by atoms with E-state index >= 15 is 0 Å². The fraction of sp³-hybridized carbons (Fsp3) is 0.385. The highest BCUT2D eigenvalue weighted by Crippen LogP contribution is 2.33. The van der Waals surface area contributed by atoms with Crippen LogP contribution in [0.2, 0.25) is 0 Å². The lowest BCUT2D eigenvalue weighted by Gasteiger charge is -2.07. The van der Waals surface area contributed by atoms with Gasteiger partial charge in [0, 0.05) is 5.57 Å². The van der Waals surface area contributed by atoms with Crippen molar-refractivity contribution in [3.8, 4) is 0 Å². The number of allylic oxidation sites excluding steroid dienone is 6. The zero-order valence-corrected chi connectivity index (χ0v) is 9.23. The maximum Gasteiger partial charge on any atom is 0.317 e. The largest absolute Gasteiger partial charge is 0.465 e. The lowest BCUT2D eigenvalue weighted by Crippen LogP contribution is -2.23. The van der Waals surface area contributed by atoms with Crippen LogP contribution in [0.25, 0.3) is 0 Å². The number of hydrogen-bond acceptors (Lipinski definition) is 3. The van der Waals surface area contributed by atoms with Crippen LogP contribution in [0.1, 0.15) is 19.8 Å². The van der Waals surface area contributed by atoms with E-state index in [0.717, 1.165) is 11.1 Å². The molecule has 0 bridgehead atoms. The number of carbonyl (C=O) groups is 2. The van der Waals surface area contributed by atoms with Crippen LogP contribution < -0.4 is 0 Å². The minimum Gasteiger partial charge on any atom is -0.465 e. The van der Waals surface area contributed by atoms with Crippen LogP contribution in [0.15, 0.2) is 35.5 Å². The van der Waals surface area contributed by atoms with E-state index in [-0.39, 0.29) is 5.78 Å². The predicted octanol–water partition coefficient (Wildman–Crippen LogP) is 1.95. The summed E-state index contributed by atoms with van der Waals surface area (Å²) in [5, 5.41) is 0. The van der Waals surface area contributed by atoms with Gasteiger partial charge in [-0.25, -0.2) is 0 Å². The predicted molar refractivity (Wildman–Crippen MR) is 59.7 cm³/mol. The van der Waals surface area contributed by atoms with Gasteiger partial charge in [0.2, 0.25) is 0 Å². The summed E-state index contributed by atoms with van der Waals surface area (Å²) >= 11 is 0. The first-order valence-electron chi connectivity index (χ1n) is 5.50. The van der Waals surface area contributed by atoms with E-state index in [9.17, 15) is 9.59 Å². The van der Waals surface area contributed by atoms with Gasteiger partial charge in [-0.3, -0.25) is 9.59 Å². The van der Waals surface area contributed by atoms with Gasteiger partial charge in [0.1, 0.15) is 5.92 Å². The van der Waals surface area contributed by atoms with Crippen LogP contribution in [0.4, 0.5) is 0 Å². The van der Waals surface area contributed by atoms with Gasteiger partial charge in [-0.2, -0.15) is 0 Å². The lowest BCUT2D eigenvalue weighted by atomic mass is 10.0. The van der Waals surface area contributed by atoms with Gasteiger partial charge >= 0.3 is 5.97 Å². The average Bonchev–Trinajstić information content (AvgIpc) is 2.47. The van der Waals surface area contributed by atoms with Crippen molar-refractivity contribution in [1.29, 1.82) is 0 Å². The molecule has 1 unspecified atom stereocenters. The first kappa shape index (κ1) is 10.9. The Morgan fingerprint density at radius 2 is 2.31 bits per heavy atom. The summed E-state index contributed by atoms with van der Waals surface area (Å²) < 4.78 is 4.90. The summed E-state index contributed by atoms with van der Waals surface area (Å²) in [5.74, 6) is -1.07. The number of esters is 1. The van der Waals surface area contributed by atoms with Gasteiger partial charge in [-0.05, 0) is 25.3 Å². The summed E-state index contributed by atoms with van der Waals surface area (Å²) in [6, 6.07) is 0. The van der Waals surface area contributed by atoms with E-state index in [0.29, 0.717) is 19.4 Å². The third-order valence-electron chi connectivity index (χ3n) is 2.86. The molecule has 0 spiro atoms. The molecule has 0 aromatic carbocycles. The molecular formula is C13H14O3. The van der Waals surface area contributed by atoms with Gasteiger partial charge in [-0.15, -0.1) is 0 Å². The minimum atomic E-state index is -0.610. The van der Waals surface area contributed by atoms with E-state index in [4.69, 9.17) is 4.74 Å². The molecular weight excluding hydrogens is 204 g/mol. The molecule has 3 heteroatoms. The molecule has 0 saturated carbocycles. The summed E-state index contributed by atoms with van der Waals surface area (Å²) in [4.78, 5) is 23.6. The highest BCUT2D eigenvalue weighted by atomic mass is 16.5. The number of carbonyl (C=O) groups excluding carboxylic acids is 2. The molecule has 0 aromatic heterocycles. The van der Waals surface area contributed by atoms with Crippen molar-refractivity contribution in [1.82, 2.24) is 0 Å². The Bertz CT molecular complexity index is 413. The Hall–Kier alpha value is -1.64. The van der Waals surface area contributed by atoms with Gasteiger partial charge in [-0.1, -0.05) is 24.3 Å². The SMILES string of the molecule is CCOC(=O)C1CC2=C(CC=CC=C2)C1=O. The van der Waals surface area contributed by atoms with Crippen molar-refractivity contribution < 1.29 is 14.3 Å². The Kier molecular flexibility index (Phi) is 3.04. The Morgan fingerprint density at radius 3 is 3.06 bits per heavy atom. The fourth-order valence-electron chi connectivity index (χ4n) is 2.07. The molecule has 0 aliphatic heterocycles. The van der Waals surface area contributed by atoms with Gasteiger partial charge < -0.3 is 4.74 Å². The molecule has 16 heavy (non-hydrogen) atoms. The molecule has 0 aromatic rings. The van der Waals surface area contributed by atoms with E-state index in [1.165, 1.54) is 0 Å². The fourth-order valence-corrected chi connectivity index (χ4v) is 2.07. The molecule has 3 nitrogen and oxygen atoms in total. The van der Waals surface area contributed by atoms with Crippen molar-refractivity contribution in [2.24, 2.45) is 5.92 Å². The van der Waals surface area contributed by atoms with E-state index in [1.54, 1.807) is 6.92 Å². The minimum absolute atomic E-state index is 0.0651. The maximum atomic E-state index is 12.0. The quantitative estimate of drug-likeness (QED) is 0.525. The smallest absolute Gasteiger partial charge is 0.317 e. The summed E-state index contributed by atoms with van der Waals surface area (Å²) in [6.07, 6.45) is 8.79. The first-order chi connectivity index (χ1) is 7.74. The van der Waals surface area contributed by atoms with Gasteiger partial charge in [0.15, 0.2) is 5.78 Å². The summed E-state index contributed by atoms with van der Waals surface area (Å²) in [5.41, 5.74) is 1.75. The van der Waals surface area contributed by atoms with Crippen molar-refractivity contribution >= 4 is 11.8 Å². The molecule has 0 amide bonds. The number of ether oxygens (including phenoxy) is 1. The first-order valence-corrected chi connectivity index (χ1v) is 5.50. The lowest BCUT2D eigenvalue weighted by molar-refractivity contribution is -0.150.